The second kappa shape index (κ2) is 5.20. The van der Waals surface area contributed by atoms with Crippen molar-refractivity contribution in [3.63, 3.8) is 0 Å². The van der Waals surface area contributed by atoms with E-state index >= 15 is 0 Å². The molecule has 17 heavy (non-hydrogen) atoms. The minimum absolute atomic E-state index is 0.288. The molecule has 1 aromatic rings. The van der Waals surface area contributed by atoms with Gasteiger partial charge in [0.1, 0.15) is 11.8 Å². The molecule has 0 radical (unpaired) electrons. The van der Waals surface area contributed by atoms with Gasteiger partial charge < -0.3 is 20.9 Å². The SMILES string of the molecule is COc1ccc(C(=O)NC(C)C(=O)O)cc1N. The number of carbonyl (C=O) groups is 2. The van der Waals surface area contributed by atoms with Crippen LogP contribution in [0.3, 0.4) is 0 Å². The van der Waals surface area contributed by atoms with E-state index in [-0.39, 0.29) is 5.56 Å². The molecule has 0 heterocycles. The molecule has 92 valence electrons. The highest BCUT2D eigenvalue weighted by molar-refractivity contribution is 5.97. The minimum Gasteiger partial charge on any atom is -0.495 e. The van der Waals surface area contributed by atoms with Gasteiger partial charge in [0.05, 0.1) is 12.8 Å². The van der Waals surface area contributed by atoms with Gasteiger partial charge in [-0.3, -0.25) is 9.59 Å². The summed E-state index contributed by atoms with van der Waals surface area (Å²) >= 11 is 0. The average Bonchev–Trinajstić information content (AvgIpc) is 2.28. The summed E-state index contributed by atoms with van der Waals surface area (Å²) in [7, 11) is 1.47. The zero-order valence-electron chi connectivity index (χ0n) is 9.56. The zero-order chi connectivity index (χ0) is 13.0. The molecule has 1 atom stereocenters. The first-order valence-corrected chi connectivity index (χ1v) is 4.93. The van der Waals surface area contributed by atoms with Crippen molar-refractivity contribution in [1.29, 1.82) is 0 Å². The van der Waals surface area contributed by atoms with E-state index < -0.39 is 17.9 Å². The van der Waals surface area contributed by atoms with Gasteiger partial charge >= 0.3 is 5.97 Å². The maximum absolute atomic E-state index is 11.6. The number of benzene rings is 1. The second-order valence-corrected chi connectivity index (χ2v) is 3.49. The number of carbonyl (C=O) groups excluding carboxylic acids is 1. The number of carboxylic acids is 1. The van der Waals surface area contributed by atoms with Crippen LogP contribution in [-0.4, -0.2) is 30.1 Å². The van der Waals surface area contributed by atoms with E-state index in [1.54, 1.807) is 6.07 Å². The number of ether oxygens (including phenoxy) is 1. The summed E-state index contributed by atoms with van der Waals surface area (Å²) in [5.41, 5.74) is 6.25. The van der Waals surface area contributed by atoms with Crippen molar-refractivity contribution in [2.45, 2.75) is 13.0 Å². The lowest BCUT2D eigenvalue weighted by molar-refractivity contribution is -0.138. The van der Waals surface area contributed by atoms with Gasteiger partial charge in [-0.15, -0.1) is 0 Å². The van der Waals surface area contributed by atoms with E-state index in [4.69, 9.17) is 15.6 Å². The molecule has 1 amide bonds. The summed E-state index contributed by atoms with van der Waals surface area (Å²) in [6.07, 6.45) is 0. The maximum Gasteiger partial charge on any atom is 0.325 e. The van der Waals surface area contributed by atoms with Crippen molar-refractivity contribution in [1.82, 2.24) is 5.32 Å². The fourth-order valence-electron chi connectivity index (χ4n) is 1.22. The summed E-state index contributed by atoms with van der Waals surface area (Å²) in [6.45, 7) is 1.38. The van der Waals surface area contributed by atoms with E-state index in [1.807, 2.05) is 0 Å². The molecule has 0 aliphatic heterocycles. The molecule has 6 nitrogen and oxygen atoms in total. The van der Waals surface area contributed by atoms with Gasteiger partial charge in [-0.25, -0.2) is 0 Å². The molecule has 0 fully saturated rings. The van der Waals surface area contributed by atoms with Crippen LogP contribution >= 0.6 is 0 Å². The van der Waals surface area contributed by atoms with E-state index in [1.165, 1.54) is 26.2 Å². The Morgan fingerprint density at radius 2 is 2.12 bits per heavy atom. The average molecular weight is 238 g/mol. The summed E-state index contributed by atoms with van der Waals surface area (Å²) in [5.74, 6) is -1.12. The Hall–Kier alpha value is -2.24. The first-order valence-electron chi connectivity index (χ1n) is 4.93. The maximum atomic E-state index is 11.6. The lowest BCUT2D eigenvalue weighted by atomic mass is 10.1. The summed E-state index contributed by atoms with van der Waals surface area (Å²) in [4.78, 5) is 22.2. The number of nitrogens with two attached hydrogens (primary N) is 1. The largest absolute Gasteiger partial charge is 0.495 e. The Labute approximate surface area is 98.4 Å². The van der Waals surface area contributed by atoms with Gasteiger partial charge in [-0.2, -0.15) is 0 Å². The van der Waals surface area contributed by atoms with Gasteiger partial charge in [0.15, 0.2) is 0 Å². The normalized spacial score (nSPS) is 11.6. The monoisotopic (exact) mass is 238 g/mol. The number of nitrogen functional groups attached to an aromatic ring is 1. The molecule has 0 saturated heterocycles. The lowest BCUT2D eigenvalue weighted by Crippen LogP contribution is -2.38. The van der Waals surface area contributed by atoms with Gasteiger partial charge in [0.25, 0.3) is 5.91 Å². The molecule has 0 bridgehead atoms. The Kier molecular flexibility index (Phi) is 3.92. The molecule has 4 N–H and O–H groups in total. The van der Waals surface area contributed by atoms with E-state index in [0.717, 1.165) is 0 Å². The number of amides is 1. The number of carboxylic acid groups (broad SMARTS) is 1. The molecular weight excluding hydrogens is 224 g/mol. The predicted molar refractivity (Wildman–Crippen MR) is 62.0 cm³/mol. The molecule has 1 unspecified atom stereocenters. The molecule has 1 rings (SSSR count). The van der Waals surface area contributed by atoms with Crippen LogP contribution in [0.5, 0.6) is 5.75 Å². The predicted octanol–water partition coefficient (Wildman–Crippen LogP) is 0.480. The topological polar surface area (TPSA) is 102 Å². The second-order valence-electron chi connectivity index (χ2n) is 3.49. The van der Waals surface area contributed by atoms with Crippen LogP contribution < -0.4 is 15.8 Å². The Morgan fingerprint density at radius 1 is 1.47 bits per heavy atom. The van der Waals surface area contributed by atoms with Crippen LogP contribution in [0.15, 0.2) is 18.2 Å². The van der Waals surface area contributed by atoms with Crippen molar-refractivity contribution < 1.29 is 19.4 Å². The van der Waals surface area contributed by atoms with Crippen molar-refractivity contribution in [3.8, 4) is 5.75 Å². The van der Waals surface area contributed by atoms with Crippen molar-refractivity contribution in [3.05, 3.63) is 23.8 Å². The number of rotatable bonds is 4. The smallest absolute Gasteiger partial charge is 0.325 e. The van der Waals surface area contributed by atoms with Crippen LogP contribution in [0.2, 0.25) is 0 Å². The summed E-state index contributed by atoms with van der Waals surface area (Å²) in [5, 5.41) is 11.0. The van der Waals surface area contributed by atoms with E-state index in [0.29, 0.717) is 11.4 Å². The highest BCUT2D eigenvalue weighted by Gasteiger charge is 2.15. The number of methoxy groups -OCH3 is 1. The van der Waals surface area contributed by atoms with Gasteiger partial charge in [0, 0.05) is 5.56 Å². The molecule has 0 saturated carbocycles. The lowest BCUT2D eigenvalue weighted by Gasteiger charge is -2.10. The quantitative estimate of drug-likeness (QED) is 0.662. The highest BCUT2D eigenvalue weighted by Crippen LogP contribution is 2.21. The van der Waals surface area contributed by atoms with Crippen LogP contribution in [0.1, 0.15) is 17.3 Å². The summed E-state index contributed by atoms with van der Waals surface area (Å²) in [6, 6.07) is 3.54. The fraction of sp³-hybridized carbons (Fsp3) is 0.273. The minimum atomic E-state index is -1.10. The van der Waals surface area contributed by atoms with Crippen LogP contribution in [-0.2, 0) is 4.79 Å². The van der Waals surface area contributed by atoms with Gasteiger partial charge in [-0.05, 0) is 25.1 Å². The summed E-state index contributed by atoms with van der Waals surface area (Å²) < 4.78 is 4.95. The molecule has 0 aliphatic rings. The Bertz CT molecular complexity index is 445. The molecule has 0 aliphatic carbocycles. The third-order valence-electron chi connectivity index (χ3n) is 2.21. The number of nitrogens with one attached hydrogen (secondary N) is 1. The number of hydrogen-bond donors (Lipinski definition) is 3. The first kappa shape index (κ1) is 12.8. The Morgan fingerprint density at radius 3 is 2.59 bits per heavy atom. The molecule has 0 spiro atoms. The molecule has 0 aromatic heterocycles. The number of anilines is 1. The standard InChI is InChI=1S/C11H14N2O4/c1-6(11(15)16)13-10(14)7-3-4-9(17-2)8(12)5-7/h3-6H,12H2,1-2H3,(H,13,14)(H,15,16). The van der Waals surface area contributed by atoms with E-state index in [9.17, 15) is 9.59 Å². The van der Waals surface area contributed by atoms with Crippen LogP contribution in [0.25, 0.3) is 0 Å². The van der Waals surface area contributed by atoms with Crippen molar-refractivity contribution in [2.75, 3.05) is 12.8 Å². The molecule has 6 heteroatoms. The fourth-order valence-corrected chi connectivity index (χ4v) is 1.22. The third-order valence-corrected chi connectivity index (χ3v) is 2.21. The van der Waals surface area contributed by atoms with Crippen molar-refractivity contribution in [2.24, 2.45) is 0 Å². The molecular formula is C11H14N2O4. The van der Waals surface area contributed by atoms with Gasteiger partial charge in [-0.1, -0.05) is 0 Å². The Balaban J connectivity index is 2.83. The highest BCUT2D eigenvalue weighted by atomic mass is 16.5. The van der Waals surface area contributed by atoms with Gasteiger partial charge in [0.2, 0.25) is 0 Å². The molecule has 1 aromatic carbocycles. The van der Waals surface area contributed by atoms with Crippen molar-refractivity contribution >= 4 is 17.6 Å². The third kappa shape index (κ3) is 3.10. The zero-order valence-corrected chi connectivity index (χ0v) is 9.56. The van der Waals surface area contributed by atoms with E-state index in [2.05, 4.69) is 5.32 Å². The first-order chi connectivity index (χ1) is 7.95. The van der Waals surface area contributed by atoms with Crippen LogP contribution in [0, 0.1) is 0 Å². The number of hydrogen-bond acceptors (Lipinski definition) is 4. The van der Waals surface area contributed by atoms with Crippen LogP contribution in [0.4, 0.5) is 5.69 Å². The number of aliphatic carboxylic acids is 1.